The van der Waals surface area contributed by atoms with Crippen molar-refractivity contribution in [2.45, 2.75) is 451 Å². The first-order valence-electron chi connectivity index (χ1n) is 37.5. The van der Waals surface area contributed by atoms with Crippen LogP contribution in [0.3, 0.4) is 0 Å². The van der Waals surface area contributed by atoms with Crippen LogP contribution in [0.1, 0.15) is 445 Å². The fourth-order valence-electron chi connectivity index (χ4n) is 12.0. The first-order valence-corrected chi connectivity index (χ1v) is 37.5. The van der Waals surface area contributed by atoms with Gasteiger partial charge in [0.25, 0.3) is 0 Å². The fourth-order valence-corrected chi connectivity index (χ4v) is 12.0. The molecule has 0 aromatic heterocycles. The van der Waals surface area contributed by atoms with Gasteiger partial charge in [0.2, 0.25) is 0 Å². The van der Waals surface area contributed by atoms with Crippen molar-refractivity contribution in [2.75, 3.05) is 13.2 Å². The Morgan fingerprint density at radius 3 is 0.494 bits per heavy atom. The minimum absolute atomic E-state index is 0.0606. The minimum atomic E-state index is -0.763. The van der Waals surface area contributed by atoms with Crippen molar-refractivity contribution in [1.29, 1.82) is 0 Å². The van der Waals surface area contributed by atoms with Crippen molar-refractivity contribution >= 4 is 17.9 Å². The molecule has 0 bridgehead atoms. The SMILES string of the molecule is CCCCCCCCCCCCCCCCCCCCCCCCCCCCCCC(=O)OCC(COC(=O)CCCCCCCCCCC)OC(=O)CCCCCCCCCCCCCCCCCCCCCCCCCCCC. The average Bonchev–Trinajstić information content (AvgIpc) is 3.47. The molecule has 0 aromatic rings. The highest BCUT2D eigenvalue weighted by molar-refractivity contribution is 5.71. The van der Waals surface area contributed by atoms with Crippen molar-refractivity contribution in [1.82, 2.24) is 0 Å². The van der Waals surface area contributed by atoms with Gasteiger partial charge in [-0.1, -0.05) is 406 Å². The number of carbonyl (C=O) groups is 3. The molecule has 0 aliphatic carbocycles. The van der Waals surface area contributed by atoms with E-state index < -0.39 is 6.10 Å². The molecule has 0 saturated heterocycles. The standard InChI is InChI=1S/C75H146O6/c1-4-7-10-13-16-19-21-23-25-27-29-31-33-35-37-38-40-41-43-45-47-49-51-53-56-59-62-65-68-74(77)80-71-72(70-79-73(76)67-64-61-58-55-18-15-12-9-6-3)81-75(78)69-66-63-60-57-54-52-50-48-46-44-42-39-36-34-32-30-28-26-24-22-20-17-14-11-8-5-2/h72H,4-71H2,1-3H3. The predicted molar refractivity (Wildman–Crippen MR) is 354 cm³/mol. The first kappa shape index (κ1) is 79.4. The lowest BCUT2D eigenvalue weighted by atomic mass is 10.0. The highest BCUT2D eigenvalue weighted by Crippen LogP contribution is 2.20. The van der Waals surface area contributed by atoms with Crippen molar-refractivity contribution in [3.63, 3.8) is 0 Å². The highest BCUT2D eigenvalue weighted by Gasteiger charge is 2.20. The Hall–Kier alpha value is -1.59. The van der Waals surface area contributed by atoms with Gasteiger partial charge in [-0.3, -0.25) is 14.4 Å². The average molecular weight is 1140 g/mol. The molecule has 81 heavy (non-hydrogen) atoms. The summed E-state index contributed by atoms with van der Waals surface area (Å²) in [6.45, 7) is 6.72. The van der Waals surface area contributed by atoms with Crippen molar-refractivity contribution in [3.8, 4) is 0 Å². The summed E-state index contributed by atoms with van der Waals surface area (Å²) >= 11 is 0. The molecule has 0 N–H and O–H groups in total. The van der Waals surface area contributed by atoms with Crippen LogP contribution in [0.4, 0.5) is 0 Å². The van der Waals surface area contributed by atoms with Gasteiger partial charge in [0.1, 0.15) is 13.2 Å². The van der Waals surface area contributed by atoms with E-state index in [1.807, 2.05) is 0 Å². The normalized spacial score (nSPS) is 11.9. The Kier molecular flexibility index (Phi) is 69.5. The van der Waals surface area contributed by atoms with Gasteiger partial charge in [0.05, 0.1) is 0 Å². The van der Waals surface area contributed by atoms with E-state index in [0.29, 0.717) is 19.3 Å². The van der Waals surface area contributed by atoms with E-state index in [-0.39, 0.29) is 31.1 Å². The zero-order valence-electron chi connectivity index (χ0n) is 55.6. The molecule has 1 unspecified atom stereocenters. The van der Waals surface area contributed by atoms with Gasteiger partial charge in [0, 0.05) is 19.3 Å². The van der Waals surface area contributed by atoms with E-state index in [4.69, 9.17) is 14.2 Å². The zero-order chi connectivity index (χ0) is 58.5. The summed E-state index contributed by atoms with van der Waals surface area (Å²) in [5.74, 6) is -0.824. The lowest BCUT2D eigenvalue weighted by Gasteiger charge is -2.18. The van der Waals surface area contributed by atoms with Gasteiger partial charge in [-0.2, -0.15) is 0 Å². The Morgan fingerprint density at radius 1 is 0.198 bits per heavy atom. The number of rotatable bonds is 71. The number of ether oxygens (including phenoxy) is 3. The molecule has 0 amide bonds. The maximum absolute atomic E-state index is 12.9. The van der Waals surface area contributed by atoms with Crippen molar-refractivity contribution in [3.05, 3.63) is 0 Å². The smallest absolute Gasteiger partial charge is 0.306 e. The number of hydrogen-bond donors (Lipinski definition) is 0. The van der Waals surface area contributed by atoms with Gasteiger partial charge in [-0.05, 0) is 19.3 Å². The molecular formula is C75H146O6. The molecule has 1 atom stereocenters. The van der Waals surface area contributed by atoms with Gasteiger partial charge in [0.15, 0.2) is 6.10 Å². The molecular weight excluding hydrogens is 997 g/mol. The number of esters is 3. The predicted octanol–water partition coefficient (Wildman–Crippen LogP) is 25.8. The van der Waals surface area contributed by atoms with E-state index in [1.54, 1.807) is 0 Å². The number of carbonyl (C=O) groups excluding carboxylic acids is 3. The van der Waals surface area contributed by atoms with Crippen LogP contribution in [0.25, 0.3) is 0 Å². The quantitative estimate of drug-likeness (QED) is 0.0343. The van der Waals surface area contributed by atoms with E-state index in [1.165, 1.54) is 347 Å². The Morgan fingerprint density at radius 2 is 0.333 bits per heavy atom. The lowest BCUT2D eigenvalue weighted by molar-refractivity contribution is -0.167. The summed E-state index contributed by atoms with van der Waals surface area (Å²) in [7, 11) is 0. The maximum atomic E-state index is 12.9. The van der Waals surface area contributed by atoms with Gasteiger partial charge >= 0.3 is 17.9 Å². The van der Waals surface area contributed by atoms with E-state index in [2.05, 4.69) is 20.8 Å². The van der Waals surface area contributed by atoms with Crippen LogP contribution in [0.5, 0.6) is 0 Å². The van der Waals surface area contributed by atoms with Crippen LogP contribution in [-0.2, 0) is 28.6 Å². The van der Waals surface area contributed by atoms with E-state index >= 15 is 0 Å². The highest BCUT2D eigenvalue weighted by atomic mass is 16.6. The summed E-state index contributed by atoms with van der Waals surface area (Å²) in [6, 6.07) is 0. The molecule has 0 heterocycles. The van der Waals surface area contributed by atoms with Gasteiger partial charge < -0.3 is 14.2 Å². The third-order valence-electron chi connectivity index (χ3n) is 17.6. The van der Waals surface area contributed by atoms with Crippen LogP contribution in [0.2, 0.25) is 0 Å². The summed E-state index contributed by atoms with van der Waals surface area (Å²) in [5, 5.41) is 0. The third kappa shape index (κ3) is 69.1. The third-order valence-corrected chi connectivity index (χ3v) is 17.6. The van der Waals surface area contributed by atoms with Crippen molar-refractivity contribution < 1.29 is 28.6 Å². The summed E-state index contributed by atoms with van der Waals surface area (Å²) in [5.41, 5.74) is 0. The molecule has 0 fully saturated rings. The van der Waals surface area contributed by atoms with Gasteiger partial charge in [-0.25, -0.2) is 0 Å². The Labute approximate surface area is 508 Å². The lowest BCUT2D eigenvalue weighted by Crippen LogP contribution is -2.30. The van der Waals surface area contributed by atoms with Crippen molar-refractivity contribution in [2.24, 2.45) is 0 Å². The minimum Gasteiger partial charge on any atom is -0.462 e. The molecule has 0 aliphatic rings. The van der Waals surface area contributed by atoms with Crippen LogP contribution >= 0.6 is 0 Å². The van der Waals surface area contributed by atoms with Crippen LogP contribution in [0.15, 0.2) is 0 Å². The fraction of sp³-hybridized carbons (Fsp3) is 0.960. The maximum Gasteiger partial charge on any atom is 0.306 e. The number of hydrogen-bond acceptors (Lipinski definition) is 6. The summed E-state index contributed by atoms with van der Waals surface area (Å²) in [6.07, 6.45) is 84.6. The van der Waals surface area contributed by atoms with Crippen LogP contribution in [-0.4, -0.2) is 37.2 Å². The number of unbranched alkanes of at least 4 members (excludes halogenated alkanes) is 60. The molecule has 0 radical (unpaired) electrons. The molecule has 6 heteroatoms. The summed E-state index contributed by atoms with van der Waals surface area (Å²) in [4.78, 5) is 38.3. The summed E-state index contributed by atoms with van der Waals surface area (Å²) < 4.78 is 17.0. The second-order valence-electron chi connectivity index (χ2n) is 25.9. The molecule has 6 nitrogen and oxygen atoms in total. The molecule has 0 saturated carbocycles. The molecule has 0 spiro atoms. The molecule has 0 aromatic carbocycles. The van der Waals surface area contributed by atoms with E-state index in [9.17, 15) is 14.4 Å². The van der Waals surface area contributed by atoms with E-state index in [0.717, 1.165) is 57.8 Å². The molecule has 0 rings (SSSR count). The first-order chi connectivity index (χ1) is 40.0. The van der Waals surface area contributed by atoms with Gasteiger partial charge in [-0.15, -0.1) is 0 Å². The molecule has 482 valence electrons. The van der Waals surface area contributed by atoms with Crippen LogP contribution in [0, 0.1) is 0 Å². The Bertz CT molecular complexity index is 1220. The topological polar surface area (TPSA) is 78.9 Å². The second kappa shape index (κ2) is 70.9. The molecule has 0 aliphatic heterocycles. The van der Waals surface area contributed by atoms with Crippen LogP contribution < -0.4 is 0 Å². The monoisotopic (exact) mass is 1140 g/mol. The Balaban J connectivity index is 4.03. The largest absolute Gasteiger partial charge is 0.462 e. The second-order valence-corrected chi connectivity index (χ2v) is 25.9. The zero-order valence-corrected chi connectivity index (χ0v) is 55.6.